The first-order chi connectivity index (χ1) is 17.6. The zero-order valence-corrected chi connectivity index (χ0v) is 22.0. The van der Waals surface area contributed by atoms with Gasteiger partial charge in [-0.25, -0.2) is 0 Å². The molecule has 2 heterocycles. The van der Waals surface area contributed by atoms with Crippen LogP contribution in [0, 0.1) is 0 Å². The second-order valence-electron chi connectivity index (χ2n) is 9.07. The molecule has 0 bridgehead atoms. The van der Waals surface area contributed by atoms with Gasteiger partial charge in [-0.1, -0.05) is 37.3 Å². The number of carbonyl (C=O) groups excluding carboxylic acids is 5. The van der Waals surface area contributed by atoms with Crippen molar-refractivity contribution in [1.29, 1.82) is 0 Å². The third kappa shape index (κ3) is 6.71. The van der Waals surface area contributed by atoms with E-state index in [1.807, 2.05) is 0 Å². The fourth-order valence-corrected chi connectivity index (χ4v) is 4.98. The maximum atomic E-state index is 13.2. The lowest BCUT2D eigenvalue weighted by molar-refractivity contribution is -0.142. The molecule has 2 aliphatic heterocycles. The highest BCUT2D eigenvalue weighted by Gasteiger charge is 2.48. The quantitative estimate of drug-likeness (QED) is 0.318. The summed E-state index contributed by atoms with van der Waals surface area (Å²) in [7, 11) is 0. The first kappa shape index (κ1) is 28.7. The molecule has 0 radical (unpaired) electrons. The lowest BCUT2D eigenvalue weighted by atomic mass is 10.0. The molecule has 2 saturated heterocycles. The lowest BCUT2D eigenvalue weighted by Gasteiger charge is -2.30. The van der Waals surface area contributed by atoms with E-state index in [4.69, 9.17) is 23.2 Å². The second kappa shape index (κ2) is 12.6. The van der Waals surface area contributed by atoms with Gasteiger partial charge in [0.1, 0.15) is 24.2 Å². The van der Waals surface area contributed by atoms with E-state index >= 15 is 0 Å². The number of alkyl halides is 2. The molecule has 2 aliphatic rings. The first-order valence-electron chi connectivity index (χ1n) is 12.0. The second-order valence-corrected chi connectivity index (χ2v) is 10.1. The Labute approximate surface area is 224 Å². The van der Waals surface area contributed by atoms with Crippen molar-refractivity contribution < 1.29 is 29.1 Å². The van der Waals surface area contributed by atoms with Crippen LogP contribution in [0.3, 0.4) is 0 Å². The average Bonchev–Trinajstić information content (AvgIpc) is 3.18. The molecule has 0 aromatic heterocycles. The number of fused-ring (bicyclic) bond motifs is 1. The molecule has 0 saturated carbocycles. The summed E-state index contributed by atoms with van der Waals surface area (Å²) in [4.78, 5) is 66.4. The minimum absolute atomic E-state index is 0.0227. The number of nitrogens with one attached hydrogen (secondary N) is 4. The van der Waals surface area contributed by atoms with Crippen LogP contribution in [0.4, 0.5) is 0 Å². The van der Waals surface area contributed by atoms with E-state index in [0.29, 0.717) is 5.56 Å². The van der Waals surface area contributed by atoms with Crippen molar-refractivity contribution in [3.8, 4) is 0 Å². The SMILES string of the molecule is CC[C@@H]1NC(=O)[C@@H]2[C@H](Cl)[C@H](Cl)CN2C(=O)[C@H](C)NC(=O)C[C@H](c2ccccc2)NC(=O)[C@H](CO)NC1=O. The fourth-order valence-electron chi connectivity index (χ4n) is 4.37. The van der Waals surface area contributed by atoms with E-state index in [9.17, 15) is 29.1 Å². The van der Waals surface area contributed by atoms with Gasteiger partial charge < -0.3 is 31.3 Å². The van der Waals surface area contributed by atoms with Gasteiger partial charge in [0.2, 0.25) is 29.5 Å². The smallest absolute Gasteiger partial charge is 0.245 e. The van der Waals surface area contributed by atoms with E-state index in [2.05, 4.69) is 21.3 Å². The van der Waals surface area contributed by atoms with Crippen molar-refractivity contribution >= 4 is 52.7 Å². The van der Waals surface area contributed by atoms with Gasteiger partial charge in [0.05, 0.1) is 29.8 Å². The number of aliphatic hydroxyl groups is 1. The highest BCUT2D eigenvalue weighted by Crippen LogP contribution is 2.29. The molecule has 13 heteroatoms. The van der Waals surface area contributed by atoms with Gasteiger partial charge in [-0.15, -0.1) is 23.2 Å². The maximum absolute atomic E-state index is 13.2. The summed E-state index contributed by atoms with van der Waals surface area (Å²) in [6, 6.07) is 3.27. The Morgan fingerprint density at radius 1 is 0.919 bits per heavy atom. The van der Waals surface area contributed by atoms with E-state index in [-0.39, 0.29) is 19.4 Å². The molecule has 1 aromatic rings. The summed E-state index contributed by atoms with van der Waals surface area (Å²) in [5, 5.41) is 18.5. The molecule has 7 atom stereocenters. The molecule has 0 aliphatic carbocycles. The number of aliphatic hydroxyl groups excluding tert-OH is 1. The summed E-state index contributed by atoms with van der Waals surface area (Å²) in [5.74, 6) is -3.22. The van der Waals surface area contributed by atoms with E-state index in [1.54, 1.807) is 37.3 Å². The summed E-state index contributed by atoms with van der Waals surface area (Å²) in [6.45, 7) is 2.39. The van der Waals surface area contributed by atoms with Crippen LogP contribution in [-0.4, -0.2) is 87.6 Å². The average molecular weight is 556 g/mol. The van der Waals surface area contributed by atoms with Crippen LogP contribution in [0.2, 0.25) is 0 Å². The van der Waals surface area contributed by atoms with Gasteiger partial charge in [0.15, 0.2) is 0 Å². The Bertz CT molecular complexity index is 1030. The van der Waals surface area contributed by atoms with E-state index < -0.39 is 77.1 Å². The van der Waals surface area contributed by atoms with Crippen LogP contribution in [0.15, 0.2) is 30.3 Å². The summed E-state index contributed by atoms with van der Waals surface area (Å²) in [6.07, 6.45) is -0.0639. The number of hydrogen-bond acceptors (Lipinski definition) is 6. The van der Waals surface area contributed by atoms with Gasteiger partial charge in [0, 0.05) is 6.54 Å². The summed E-state index contributed by atoms with van der Waals surface area (Å²) < 4.78 is 0. The van der Waals surface area contributed by atoms with Gasteiger partial charge in [-0.05, 0) is 18.9 Å². The van der Waals surface area contributed by atoms with E-state index in [1.165, 1.54) is 11.8 Å². The van der Waals surface area contributed by atoms with Crippen molar-refractivity contribution in [3.63, 3.8) is 0 Å². The number of halogens is 2. The van der Waals surface area contributed by atoms with Gasteiger partial charge in [0.25, 0.3) is 0 Å². The minimum Gasteiger partial charge on any atom is -0.394 e. The predicted molar refractivity (Wildman–Crippen MR) is 136 cm³/mol. The number of hydrogen-bond donors (Lipinski definition) is 5. The Morgan fingerprint density at radius 2 is 1.54 bits per heavy atom. The Morgan fingerprint density at radius 3 is 2.16 bits per heavy atom. The zero-order valence-electron chi connectivity index (χ0n) is 20.4. The molecule has 202 valence electrons. The number of amides is 5. The van der Waals surface area contributed by atoms with Gasteiger partial charge in [-0.3, -0.25) is 24.0 Å². The van der Waals surface area contributed by atoms with Crippen LogP contribution in [0.1, 0.15) is 38.3 Å². The minimum atomic E-state index is -1.34. The van der Waals surface area contributed by atoms with Crippen molar-refractivity contribution in [2.45, 2.75) is 67.7 Å². The normalized spacial score (nSPS) is 32.2. The molecule has 5 amide bonds. The molecule has 2 fully saturated rings. The zero-order chi connectivity index (χ0) is 27.3. The van der Waals surface area contributed by atoms with Crippen molar-refractivity contribution in [2.75, 3.05) is 13.2 Å². The van der Waals surface area contributed by atoms with Crippen molar-refractivity contribution in [2.24, 2.45) is 0 Å². The number of nitrogens with zero attached hydrogens (tertiary/aromatic N) is 1. The standard InChI is InChI=1S/C24H31Cl2N5O6/c1-3-15-21(34)30-17(11-32)22(35)29-16(13-7-5-4-6-8-13)9-18(33)27-12(2)24(37)31-10-14(25)19(26)20(31)23(36)28-15/h4-8,12,14-17,19-20,32H,3,9-11H2,1-2H3,(H,27,33)(H,28,36)(H,29,35)(H,30,34)/t12-,14+,15-,16+,17-,19+,20-/m0/s1. The molecule has 11 nitrogen and oxygen atoms in total. The Balaban J connectivity index is 1.97. The Kier molecular flexibility index (Phi) is 9.74. The largest absolute Gasteiger partial charge is 0.394 e. The number of rotatable bonds is 3. The predicted octanol–water partition coefficient (Wildman–Crippen LogP) is -0.450. The number of benzene rings is 1. The van der Waals surface area contributed by atoms with Gasteiger partial charge in [-0.2, -0.15) is 0 Å². The molecule has 0 unspecified atom stereocenters. The summed E-state index contributed by atoms with van der Waals surface area (Å²) in [5.41, 5.74) is 0.613. The number of carbonyl (C=O) groups is 5. The molecular weight excluding hydrogens is 525 g/mol. The van der Waals surface area contributed by atoms with Crippen LogP contribution < -0.4 is 21.3 Å². The molecular formula is C24H31Cl2N5O6. The molecule has 5 N–H and O–H groups in total. The van der Waals surface area contributed by atoms with E-state index in [0.717, 1.165) is 0 Å². The lowest BCUT2D eigenvalue weighted by Crippen LogP contribution is -2.59. The maximum Gasteiger partial charge on any atom is 0.245 e. The topological polar surface area (TPSA) is 157 Å². The first-order valence-corrected chi connectivity index (χ1v) is 12.9. The van der Waals surface area contributed by atoms with Crippen molar-refractivity contribution in [3.05, 3.63) is 35.9 Å². The monoisotopic (exact) mass is 555 g/mol. The van der Waals surface area contributed by atoms with Crippen LogP contribution in [0.5, 0.6) is 0 Å². The van der Waals surface area contributed by atoms with Gasteiger partial charge >= 0.3 is 0 Å². The third-order valence-electron chi connectivity index (χ3n) is 6.42. The fraction of sp³-hybridized carbons (Fsp3) is 0.542. The molecule has 37 heavy (non-hydrogen) atoms. The Hall–Kier alpha value is -2.89. The third-order valence-corrected chi connectivity index (χ3v) is 7.50. The summed E-state index contributed by atoms with van der Waals surface area (Å²) >= 11 is 12.7. The molecule has 1 aromatic carbocycles. The van der Waals surface area contributed by atoms with Crippen LogP contribution >= 0.6 is 23.2 Å². The molecule has 3 rings (SSSR count). The van der Waals surface area contributed by atoms with Crippen molar-refractivity contribution in [1.82, 2.24) is 26.2 Å². The molecule has 0 spiro atoms. The van der Waals surface area contributed by atoms with Crippen LogP contribution in [-0.2, 0) is 24.0 Å². The van der Waals surface area contributed by atoms with Crippen LogP contribution in [0.25, 0.3) is 0 Å². The highest BCUT2D eigenvalue weighted by atomic mass is 35.5. The highest BCUT2D eigenvalue weighted by molar-refractivity contribution is 6.32.